The number of hydrogen-bond acceptors (Lipinski definition) is 2. The molecule has 0 radical (unpaired) electrons. The summed E-state index contributed by atoms with van der Waals surface area (Å²) in [4.78, 5) is 1.40. The maximum absolute atomic E-state index is 3.38. The SMILES string of the molecule is CNC(Cc1ccc(I)cc1)c1cccs1. The lowest BCUT2D eigenvalue weighted by Gasteiger charge is -2.14. The Morgan fingerprint density at radius 3 is 2.56 bits per heavy atom. The second kappa shape index (κ2) is 5.80. The van der Waals surface area contributed by atoms with Crippen molar-refractivity contribution >= 4 is 33.9 Å². The largest absolute Gasteiger partial charge is 0.312 e. The lowest BCUT2D eigenvalue weighted by atomic mass is 10.1. The molecule has 1 N–H and O–H groups in total. The molecule has 1 nitrogen and oxygen atoms in total. The van der Waals surface area contributed by atoms with Gasteiger partial charge in [-0.2, -0.15) is 0 Å². The van der Waals surface area contributed by atoms with Crippen LogP contribution in [0.1, 0.15) is 16.5 Å². The minimum Gasteiger partial charge on any atom is -0.312 e. The van der Waals surface area contributed by atoms with Crippen LogP contribution in [0.2, 0.25) is 0 Å². The van der Waals surface area contributed by atoms with Crippen molar-refractivity contribution in [3.8, 4) is 0 Å². The number of nitrogens with one attached hydrogen (secondary N) is 1. The molecule has 0 saturated carbocycles. The van der Waals surface area contributed by atoms with E-state index in [2.05, 4.69) is 69.7 Å². The zero-order valence-corrected chi connectivity index (χ0v) is 12.1. The first-order valence-corrected chi connectivity index (χ1v) is 7.20. The van der Waals surface area contributed by atoms with E-state index in [1.165, 1.54) is 14.0 Å². The van der Waals surface area contributed by atoms with E-state index >= 15 is 0 Å². The van der Waals surface area contributed by atoms with Gasteiger partial charge in [0.1, 0.15) is 0 Å². The van der Waals surface area contributed by atoms with Crippen molar-refractivity contribution in [2.24, 2.45) is 0 Å². The monoisotopic (exact) mass is 343 g/mol. The van der Waals surface area contributed by atoms with Gasteiger partial charge in [0.15, 0.2) is 0 Å². The number of benzene rings is 1. The van der Waals surface area contributed by atoms with Gasteiger partial charge in [-0.05, 0) is 65.2 Å². The highest BCUT2D eigenvalue weighted by molar-refractivity contribution is 14.1. The van der Waals surface area contributed by atoms with Crippen molar-refractivity contribution in [3.05, 3.63) is 55.8 Å². The predicted octanol–water partition coefficient (Wildman–Crippen LogP) is 3.86. The van der Waals surface area contributed by atoms with Crippen LogP contribution < -0.4 is 5.32 Å². The Bertz CT molecular complexity index is 422. The Morgan fingerprint density at radius 2 is 2.00 bits per heavy atom. The number of rotatable bonds is 4. The second-order valence-electron chi connectivity index (χ2n) is 3.69. The molecule has 0 saturated heterocycles. The highest BCUT2D eigenvalue weighted by Crippen LogP contribution is 2.22. The Kier molecular flexibility index (Phi) is 4.37. The summed E-state index contributed by atoms with van der Waals surface area (Å²) in [7, 11) is 2.02. The number of halogens is 1. The minimum atomic E-state index is 0.431. The minimum absolute atomic E-state index is 0.431. The summed E-state index contributed by atoms with van der Waals surface area (Å²) in [5, 5.41) is 5.51. The van der Waals surface area contributed by atoms with Crippen molar-refractivity contribution in [1.29, 1.82) is 0 Å². The van der Waals surface area contributed by atoms with Crippen LogP contribution >= 0.6 is 33.9 Å². The number of likely N-dealkylation sites (N-methyl/N-ethyl adjacent to an activating group) is 1. The molecule has 1 aromatic heterocycles. The van der Waals surface area contributed by atoms with E-state index in [9.17, 15) is 0 Å². The van der Waals surface area contributed by atoms with E-state index in [4.69, 9.17) is 0 Å². The van der Waals surface area contributed by atoms with Gasteiger partial charge in [0, 0.05) is 14.5 Å². The smallest absolute Gasteiger partial charge is 0.0453 e. The summed E-state index contributed by atoms with van der Waals surface area (Å²) >= 11 is 4.15. The fourth-order valence-corrected chi connectivity index (χ4v) is 2.89. The molecule has 0 aliphatic carbocycles. The summed E-state index contributed by atoms with van der Waals surface area (Å²) in [5.74, 6) is 0. The van der Waals surface area contributed by atoms with Crippen molar-refractivity contribution in [2.45, 2.75) is 12.5 Å². The quantitative estimate of drug-likeness (QED) is 0.832. The summed E-state index contributed by atoms with van der Waals surface area (Å²) in [5.41, 5.74) is 1.38. The van der Waals surface area contributed by atoms with Gasteiger partial charge in [-0.25, -0.2) is 0 Å². The summed E-state index contributed by atoms with van der Waals surface area (Å²) in [6.45, 7) is 0. The fraction of sp³-hybridized carbons (Fsp3) is 0.231. The fourth-order valence-electron chi connectivity index (χ4n) is 1.69. The molecule has 84 valence electrons. The third kappa shape index (κ3) is 3.06. The molecule has 0 fully saturated rings. The van der Waals surface area contributed by atoms with Crippen LogP contribution in [0.25, 0.3) is 0 Å². The van der Waals surface area contributed by atoms with Gasteiger partial charge in [-0.15, -0.1) is 11.3 Å². The highest BCUT2D eigenvalue weighted by atomic mass is 127. The first-order chi connectivity index (χ1) is 7.79. The third-order valence-electron chi connectivity index (χ3n) is 2.59. The molecule has 2 aromatic rings. The molecule has 0 spiro atoms. The van der Waals surface area contributed by atoms with Crippen molar-refractivity contribution < 1.29 is 0 Å². The Labute approximate surface area is 114 Å². The van der Waals surface area contributed by atoms with Gasteiger partial charge in [-0.1, -0.05) is 18.2 Å². The normalized spacial score (nSPS) is 12.6. The first kappa shape index (κ1) is 12.1. The molecule has 2 rings (SSSR count). The van der Waals surface area contributed by atoms with Gasteiger partial charge in [0.2, 0.25) is 0 Å². The molecule has 1 atom stereocenters. The van der Waals surface area contributed by atoms with Crippen LogP contribution in [0.5, 0.6) is 0 Å². The topological polar surface area (TPSA) is 12.0 Å². The zero-order valence-electron chi connectivity index (χ0n) is 9.11. The van der Waals surface area contributed by atoms with E-state index in [0.29, 0.717) is 6.04 Å². The number of hydrogen-bond donors (Lipinski definition) is 1. The molecule has 16 heavy (non-hydrogen) atoms. The molecular weight excluding hydrogens is 329 g/mol. The van der Waals surface area contributed by atoms with Crippen molar-refractivity contribution in [3.63, 3.8) is 0 Å². The summed E-state index contributed by atoms with van der Waals surface area (Å²) in [6, 6.07) is 13.5. The first-order valence-electron chi connectivity index (χ1n) is 5.24. The molecule has 0 aliphatic rings. The van der Waals surface area contributed by atoms with E-state index in [1.807, 2.05) is 18.4 Å². The Hall–Kier alpha value is -0.390. The molecule has 1 unspecified atom stereocenters. The molecule has 0 bridgehead atoms. The molecule has 1 aromatic carbocycles. The van der Waals surface area contributed by atoms with E-state index in [1.54, 1.807) is 0 Å². The van der Waals surface area contributed by atoms with Crippen LogP contribution in [0.15, 0.2) is 41.8 Å². The van der Waals surface area contributed by atoms with E-state index in [-0.39, 0.29) is 0 Å². The van der Waals surface area contributed by atoms with Crippen LogP contribution in [0.4, 0.5) is 0 Å². The number of thiophene rings is 1. The lowest BCUT2D eigenvalue weighted by Crippen LogP contribution is -2.17. The van der Waals surface area contributed by atoms with Gasteiger partial charge >= 0.3 is 0 Å². The van der Waals surface area contributed by atoms with Crippen molar-refractivity contribution in [1.82, 2.24) is 5.32 Å². The molecular formula is C13H14INS. The second-order valence-corrected chi connectivity index (χ2v) is 5.91. The average molecular weight is 343 g/mol. The van der Waals surface area contributed by atoms with E-state index < -0.39 is 0 Å². The molecule has 3 heteroatoms. The molecule has 0 aliphatic heterocycles. The summed E-state index contributed by atoms with van der Waals surface area (Å²) in [6.07, 6.45) is 1.05. The average Bonchev–Trinajstić information content (AvgIpc) is 2.82. The van der Waals surface area contributed by atoms with Crippen LogP contribution in [-0.2, 0) is 6.42 Å². The van der Waals surface area contributed by atoms with Crippen LogP contribution in [0.3, 0.4) is 0 Å². The highest BCUT2D eigenvalue weighted by Gasteiger charge is 2.10. The Balaban J connectivity index is 2.10. The van der Waals surface area contributed by atoms with E-state index in [0.717, 1.165) is 6.42 Å². The predicted molar refractivity (Wildman–Crippen MR) is 79.0 cm³/mol. The molecule has 0 amide bonds. The molecule has 1 heterocycles. The zero-order chi connectivity index (χ0) is 11.4. The van der Waals surface area contributed by atoms with Gasteiger partial charge in [0.25, 0.3) is 0 Å². The van der Waals surface area contributed by atoms with Gasteiger partial charge in [-0.3, -0.25) is 0 Å². The lowest BCUT2D eigenvalue weighted by molar-refractivity contribution is 0.602. The Morgan fingerprint density at radius 1 is 1.25 bits per heavy atom. The van der Waals surface area contributed by atoms with Crippen LogP contribution in [0, 0.1) is 3.57 Å². The maximum atomic E-state index is 3.38. The van der Waals surface area contributed by atoms with Gasteiger partial charge in [0.05, 0.1) is 0 Å². The maximum Gasteiger partial charge on any atom is 0.0453 e. The third-order valence-corrected chi connectivity index (χ3v) is 4.29. The van der Waals surface area contributed by atoms with Crippen molar-refractivity contribution in [2.75, 3.05) is 7.05 Å². The van der Waals surface area contributed by atoms with Crippen LogP contribution in [-0.4, -0.2) is 7.05 Å². The van der Waals surface area contributed by atoms with Gasteiger partial charge < -0.3 is 5.32 Å². The summed E-state index contributed by atoms with van der Waals surface area (Å²) < 4.78 is 1.29. The standard InChI is InChI=1S/C13H14INS/c1-15-12(13-3-2-8-16-13)9-10-4-6-11(14)7-5-10/h2-8,12,15H,9H2,1H3.